The third-order valence-corrected chi connectivity index (χ3v) is 6.38. The van der Waals surface area contributed by atoms with E-state index < -0.39 is 0 Å². The summed E-state index contributed by atoms with van der Waals surface area (Å²) >= 11 is 1.22. The summed E-state index contributed by atoms with van der Waals surface area (Å²) < 4.78 is 10.5. The van der Waals surface area contributed by atoms with E-state index in [0.717, 1.165) is 22.6 Å². The molecule has 0 bridgehead atoms. The number of methoxy groups -OCH3 is 2. The lowest BCUT2D eigenvalue weighted by Gasteiger charge is -2.10. The van der Waals surface area contributed by atoms with Gasteiger partial charge >= 0.3 is 0 Å². The lowest BCUT2D eigenvalue weighted by Crippen LogP contribution is -2.10. The van der Waals surface area contributed by atoms with Crippen molar-refractivity contribution in [1.82, 2.24) is 15.2 Å². The fourth-order valence-corrected chi connectivity index (χ4v) is 4.15. The van der Waals surface area contributed by atoms with Crippen molar-refractivity contribution in [3.63, 3.8) is 0 Å². The third-order valence-electron chi connectivity index (χ3n) is 5.54. The van der Waals surface area contributed by atoms with Gasteiger partial charge in [-0.1, -0.05) is 18.7 Å². The van der Waals surface area contributed by atoms with Crippen LogP contribution in [0, 0.1) is 0 Å². The van der Waals surface area contributed by atoms with Crippen molar-refractivity contribution in [3.05, 3.63) is 78.4 Å². The molecule has 0 fully saturated rings. The number of hydrogen-bond acceptors (Lipinski definition) is 8. The van der Waals surface area contributed by atoms with Crippen molar-refractivity contribution < 1.29 is 19.1 Å². The first-order valence-corrected chi connectivity index (χ1v) is 12.6. The normalized spacial score (nSPS) is 10.6. The Morgan fingerprint density at radius 2 is 1.35 bits per heavy atom. The minimum atomic E-state index is -0.0787. The van der Waals surface area contributed by atoms with Crippen LogP contribution < -0.4 is 14.8 Å². The van der Waals surface area contributed by atoms with Crippen LogP contribution in [0.1, 0.15) is 23.7 Å². The van der Waals surface area contributed by atoms with Gasteiger partial charge in [-0.15, -0.1) is 10.2 Å². The first-order valence-electron chi connectivity index (χ1n) is 11.6. The number of Topliss-reactive ketones (excluding diaryl/α,β-unsaturated/α-hetero) is 1. The van der Waals surface area contributed by atoms with E-state index in [4.69, 9.17) is 14.5 Å². The Hall–Kier alpha value is -4.24. The zero-order chi connectivity index (χ0) is 26.2. The molecule has 4 aromatic rings. The Morgan fingerprint density at radius 3 is 1.89 bits per heavy atom. The minimum Gasteiger partial charge on any atom is -0.497 e. The monoisotopic (exact) mass is 514 g/mol. The maximum Gasteiger partial charge on any atom is 0.224 e. The highest BCUT2D eigenvalue weighted by Crippen LogP contribution is 2.32. The molecule has 1 heterocycles. The average Bonchev–Trinajstić information content (AvgIpc) is 2.96. The van der Waals surface area contributed by atoms with E-state index in [2.05, 4.69) is 15.5 Å². The summed E-state index contributed by atoms with van der Waals surface area (Å²) in [4.78, 5) is 29.1. The molecule has 1 N–H and O–H groups in total. The lowest BCUT2D eigenvalue weighted by molar-refractivity contribution is -0.115. The van der Waals surface area contributed by atoms with E-state index in [9.17, 15) is 9.59 Å². The first kappa shape index (κ1) is 25.8. The second-order valence-electron chi connectivity index (χ2n) is 7.94. The molecule has 9 heteroatoms. The van der Waals surface area contributed by atoms with Crippen molar-refractivity contribution in [1.29, 1.82) is 0 Å². The number of amides is 1. The van der Waals surface area contributed by atoms with Crippen molar-refractivity contribution in [2.45, 2.75) is 18.5 Å². The van der Waals surface area contributed by atoms with E-state index in [1.165, 1.54) is 11.8 Å². The van der Waals surface area contributed by atoms with Crippen LogP contribution in [0.5, 0.6) is 11.5 Å². The molecule has 4 rings (SSSR count). The summed E-state index contributed by atoms with van der Waals surface area (Å²) in [6.07, 6.45) is 0.390. The third kappa shape index (κ3) is 6.50. The Balaban J connectivity index is 1.56. The molecule has 8 nitrogen and oxygen atoms in total. The molecule has 0 saturated carbocycles. The van der Waals surface area contributed by atoms with Crippen LogP contribution in [0.15, 0.2) is 78.0 Å². The molecule has 0 aliphatic rings. The van der Waals surface area contributed by atoms with Gasteiger partial charge in [-0.3, -0.25) is 9.59 Å². The van der Waals surface area contributed by atoms with Crippen LogP contribution in [0.4, 0.5) is 5.69 Å². The van der Waals surface area contributed by atoms with Crippen molar-refractivity contribution >= 4 is 29.1 Å². The molecule has 3 aromatic carbocycles. The molecule has 0 spiro atoms. The highest BCUT2D eigenvalue weighted by atomic mass is 32.2. The quantitative estimate of drug-likeness (QED) is 0.217. The van der Waals surface area contributed by atoms with Crippen LogP contribution >= 0.6 is 11.8 Å². The lowest BCUT2D eigenvalue weighted by atomic mass is 10.0. The summed E-state index contributed by atoms with van der Waals surface area (Å²) in [5, 5.41) is 11.9. The van der Waals surface area contributed by atoms with Gasteiger partial charge in [0.2, 0.25) is 11.1 Å². The second kappa shape index (κ2) is 12.1. The molecule has 0 aliphatic heterocycles. The summed E-state index contributed by atoms with van der Waals surface area (Å²) in [6.45, 7) is 1.78. The molecule has 0 atom stereocenters. The number of ether oxygens (including phenoxy) is 2. The van der Waals surface area contributed by atoms with Crippen LogP contribution in [0.3, 0.4) is 0 Å². The summed E-state index contributed by atoms with van der Waals surface area (Å²) in [6, 6.07) is 21.9. The fraction of sp³-hybridized carbons (Fsp3) is 0.179. The van der Waals surface area contributed by atoms with Crippen LogP contribution in [-0.4, -0.2) is 46.8 Å². The van der Waals surface area contributed by atoms with Gasteiger partial charge in [-0.25, -0.2) is 4.98 Å². The number of benzene rings is 3. The molecule has 1 amide bonds. The number of aromatic nitrogens is 3. The van der Waals surface area contributed by atoms with E-state index in [1.807, 2.05) is 48.5 Å². The van der Waals surface area contributed by atoms with E-state index in [-0.39, 0.29) is 17.4 Å². The molecule has 1 aromatic heterocycles. The van der Waals surface area contributed by atoms with Crippen molar-refractivity contribution in [2.75, 3.05) is 25.3 Å². The number of anilines is 1. The van der Waals surface area contributed by atoms with Gasteiger partial charge < -0.3 is 14.8 Å². The summed E-state index contributed by atoms with van der Waals surface area (Å²) in [5.74, 6) is 1.46. The predicted molar refractivity (Wildman–Crippen MR) is 144 cm³/mol. The van der Waals surface area contributed by atoms with Crippen LogP contribution in [0.25, 0.3) is 22.5 Å². The SMILES string of the molecule is CCC(=O)Nc1ccc(C(=O)CSc2nnc(-c3ccc(OC)cc3)c(-c3ccc(OC)cc3)n2)cc1. The number of hydrogen-bond donors (Lipinski definition) is 1. The van der Waals surface area contributed by atoms with Crippen LogP contribution in [-0.2, 0) is 4.79 Å². The van der Waals surface area contributed by atoms with Gasteiger partial charge in [0, 0.05) is 28.8 Å². The number of thioether (sulfide) groups is 1. The molecule has 0 radical (unpaired) electrons. The van der Waals surface area contributed by atoms with Crippen molar-refractivity contribution in [3.8, 4) is 34.0 Å². The Morgan fingerprint density at radius 1 is 0.784 bits per heavy atom. The first-order chi connectivity index (χ1) is 18.0. The topological polar surface area (TPSA) is 103 Å². The standard InChI is InChI=1S/C28H26N4O4S/c1-4-25(34)29-21-11-5-18(6-12-21)24(33)17-37-28-30-26(19-7-13-22(35-2)14-8-19)27(31-32-28)20-9-15-23(36-3)16-10-20/h5-16H,4,17H2,1-3H3,(H,29,34). The largest absolute Gasteiger partial charge is 0.497 e. The van der Waals surface area contributed by atoms with E-state index in [1.54, 1.807) is 45.4 Å². The highest BCUT2D eigenvalue weighted by molar-refractivity contribution is 7.99. The molecular formula is C28H26N4O4S. The fourth-order valence-electron chi connectivity index (χ4n) is 3.47. The number of ketones is 1. The highest BCUT2D eigenvalue weighted by Gasteiger charge is 2.16. The predicted octanol–water partition coefficient (Wildman–Crippen LogP) is 5.55. The number of nitrogens with one attached hydrogen (secondary N) is 1. The average molecular weight is 515 g/mol. The molecule has 0 saturated heterocycles. The molecule has 188 valence electrons. The molecule has 37 heavy (non-hydrogen) atoms. The molecular weight excluding hydrogens is 488 g/mol. The Kier molecular flexibility index (Phi) is 8.48. The molecule has 0 unspecified atom stereocenters. The Labute approximate surface area is 219 Å². The number of rotatable bonds is 10. The maximum absolute atomic E-state index is 12.8. The number of carbonyl (C=O) groups is 2. The smallest absolute Gasteiger partial charge is 0.224 e. The maximum atomic E-state index is 12.8. The van der Waals surface area contributed by atoms with Gasteiger partial charge in [0.25, 0.3) is 0 Å². The zero-order valence-electron chi connectivity index (χ0n) is 20.7. The summed E-state index contributed by atoms with van der Waals surface area (Å²) in [7, 11) is 3.23. The zero-order valence-corrected chi connectivity index (χ0v) is 21.5. The molecule has 0 aliphatic carbocycles. The van der Waals surface area contributed by atoms with Crippen molar-refractivity contribution in [2.24, 2.45) is 0 Å². The van der Waals surface area contributed by atoms with Gasteiger partial charge in [0.15, 0.2) is 5.78 Å². The summed E-state index contributed by atoms with van der Waals surface area (Å²) in [5.41, 5.74) is 4.15. The van der Waals surface area contributed by atoms with Gasteiger partial charge in [0.1, 0.15) is 22.9 Å². The minimum absolute atomic E-state index is 0.0767. The van der Waals surface area contributed by atoms with Gasteiger partial charge in [-0.05, 0) is 72.8 Å². The Bertz CT molecular complexity index is 1380. The van der Waals surface area contributed by atoms with E-state index >= 15 is 0 Å². The second-order valence-corrected chi connectivity index (χ2v) is 8.88. The van der Waals surface area contributed by atoms with Gasteiger partial charge in [0.05, 0.1) is 20.0 Å². The number of nitrogens with zero attached hydrogens (tertiary/aromatic N) is 3. The van der Waals surface area contributed by atoms with Crippen LogP contribution in [0.2, 0.25) is 0 Å². The van der Waals surface area contributed by atoms with E-state index in [0.29, 0.717) is 34.2 Å². The number of carbonyl (C=O) groups excluding carboxylic acids is 2. The van der Waals surface area contributed by atoms with Gasteiger partial charge in [-0.2, -0.15) is 0 Å².